The van der Waals surface area contributed by atoms with Crippen molar-refractivity contribution in [3.63, 3.8) is 0 Å². The summed E-state index contributed by atoms with van der Waals surface area (Å²) in [4.78, 5) is 17.4. The molecule has 0 aliphatic carbocycles. The van der Waals surface area contributed by atoms with Gasteiger partial charge in [-0.25, -0.2) is 4.79 Å². The minimum atomic E-state index is -0.490. The molecular formula is C24H29NO6. The lowest BCUT2D eigenvalue weighted by molar-refractivity contribution is -0.133. The molecule has 2 rings (SSSR count). The summed E-state index contributed by atoms with van der Waals surface area (Å²) in [7, 11) is 4.39. The summed E-state index contributed by atoms with van der Waals surface area (Å²) >= 11 is 0. The third kappa shape index (κ3) is 6.50. The average Bonchev–Trinajstić information content (AvgIpc) is 2.81. The Kier molecular flexibility index (Phi) is 9.42. The van der Waals surface area contributed by atoms with E-state index in [9.17, 15) is 4.79 Å². The van der Waals surface area contributed by atoms with E-state index in [1.165, 1.54) is 20.5 Å². The first-order valence-corrected chi connectivity index (χ1v) is 9.93. The molecule has 0 saturated heterocycles. The molecule has 0 aliphatic rings. The van der Waals surface area contributed by atoms with Crippen LogP contribution in [0.3, 0.4) is 0 Å². The Labute approximate surface area is 183 Å². The Bertz CT molecular complexity index is 935. The van der Waals surface area contributed by atoms with Crippen molar-refractivity contribution in [2.24, 2.45) is 5.16 Å². The molecule has 7 nitrogen and oxygen atoms in total. The van der Waals surface area contributed by atoms with E-state index in [4.69, 9.17) is 23.8 Å². The number of methoxy groups -OCH3 is 3. The molecule has 7 heteroatoms. The lowest BCUT2D eigenvalue weighted by atomic mass is 10.0. The highest BCUT2D eigenvalue weighted by Gasteiger charge is 2.17. The summed E-state index contributed by atoms with van der Waals surface area (Å²) in [6.07, 6.45) is 2.26. The quantitative estimate of drug-likeness (QED) is 0.130. The van der Waals surface area contributed by atoms with Crippen molar-refractivity contribution in [1.29, 1.82) is 0 Å². The second-order valence-corrected chi connectivity index (χ2v) is 6.58. The van der Waals surface area contributed by atoms with Gasteiger partial charge in [0.1, 0.15) is 18.8 Å². The second kappa shape index (κ2) is 12.3. The van der Waals surface area contributed by atoms with Crippen LogP contribution in [0.25, 0.3) is 5.57 Å². The molecule has 0 aromatic heterocycles. The van der Waals surface area contributed by atoms with Crippen molar-refractivity contribution in [1.82, 2.24) is 0 Å². The third-order valence-corrected chi connectivity index (χ3v) is 4.41. The number of hydrogen-bond acceptors (Lipinski definition) is 7. The van der Waals surface area contributed by atoms with Gasteiger partial charge in [0, 0.05) is 5.56 Å². The van der Waals surface area contributed by atoms with Crippen molar-refractivity contribution in [3.05, 3.63) is 65.4 Å². The molecule has 31 heavy (non-hydrogen) atoms. The SMILES string of the molecule is CCCO/N=C(\C)c1ccc(OCc2ccccc2/C(=C/OC)C(=O)OC)c(OC)c1. The summed E-state index contributed by atoms with van der Waals surface area (Å²) in [5, 5.41) is 4.11. The fraction of sp³-hybridized carbons (Fsp3) is 0.333. The van der Waals surface area contributed by atoms with E-state index in [0.29, 0.717) is 29.2 Å². The van der Waals surface area contributed by atoms with Gasteiger partial charge in [-0.05, 0) is 42.7 Å². The summed E-state index contributed by atoms with van der Waals surface area (Å²) in [6.45, 7) is 4.69. The van der Waals surface area contributed by atoms with Crippen LogP contribution >= 0.6 is 0 Å². The monoisotopic (exact) mass is 427 g/mol. The standard InChI is InChI=1S/C24H29NO6/c1-6-13-31-25-17(2)18-11-12-22(23(14-18)28-4)30-15-19-9-7-8-10-20(19)21(16-27-3)24(26)29-5/h7-12,14,16H,6,13,15H2,1-5H3/b21-16-,25-17+. The zero-order valence-corrected chi connectivity index (χ0v) is 18.6. The highest BCUT2D eigenvalue weighted by atomic mass is 16.6. The molecule has 166 valence electrons. The predicted octanol–water partition coefficient (Wildman–Crippen LogP) is 4.59. The van der Waals surface area contributed by atoms with E-state index >= 15 is 0 Å². The predicted molar refractivity (Wildman–Crippen MR) is 119 cm³/mol. The van der Waals surface area contributed by atoms with Crippen LogP contribution in [0.15, 0.2) is 53.9 Å². The normalized spacial score (nSPS) is 11.6. The van der Waals surface area contributed by atoms with Gasteiger partial charge >= 0.3 is 5.97 Å². The zero-order chi connectivity index (χ0) is 22.6. The van der Waals surface area contributed by atoms with Crippen molar-refractivity contribution in [3.8, 4) is 11.5 Å². The van der Waals surface area contributed by atoms with E-state index in [2.05, 4.69) is 5.16 Å². The van der Waals surface area contributed by atoms with Crippen molar-refractivity contribution in [2.75, 3.05) is 27.9 Å². The van der Waals surface area contributed by atoms with Crippen LogP contribution in [0, 0.1) is 0 Å². The molecule has 0 saturated carbocycles. The number of hydrogen-bond donors (Lipinski definition) is 0. The smallest absolute Gasteiger partial charge is 0.341 e. The Morgan fingerprint density at radius 1 is 1.06 bits per heavy atom. The summed E-state index contributed by atoms with van der Waals surface area (Å²) in [6, 6.07) is 13.0. The van der Waals surface area contributed by atoms with Crippen LogP contribution in [0.2, 0.25) is 0 Å². The van der Waals surface area contributed by atoms with Gasteiger partial charge in [0.05, 0.1) is 33.3 Å². The van der Waals surface area contributed by atoms with Crippen molar-refractivity contribution in [2.45, 2.75) is 26.9 Å². The minimum absolute atomic E-state index is 0.219. The van der Waals surface area contributed by atoms with Crippen molar-refractivity contribution < 1.29 is 28.6 Å². The first-order chi connectivity index (χ1) is 15.0. The lowest BCUT2D eigenvalue weighted by Crippen LogP contribution is -2.08. The van der Waals surface area contributed by atoms with Crippen LogP contribution in [-0.4, -0.2) is 39.6 Å². The van der Waals surface area contributed by atoms with Crippen LogP contribution in [0.4, 0.5) is 0 Å². The Morgan fingerprint density at radius 2 is 1.84 bits per heavy atom. The van der Waals surface area contributed by atoms with Gasteiger partial charge in [-0.15, -0.1) is 0 Å². The fourth-order valence-electron chi connectivity index (χ4n) is 2.81. The highest BCUT2D eigenvalue weighted by Crippen LogP contribution is 2.30. The topological polar surface area (TPSA) is 75.6 Å². The van der Waals surface area contributed by atoms with Crippen LogP contribution < -0.4 is 9.47 Å². The Balaban J connectivity index is 2.25. The van der Waals surface area contributed by atoms with Gasteiger partial charge in [0.15, 0.2) is 11.5 Å². The number of rotatable bonds is 11. The molecule has 2 aromatic rings. The number of carbonyl (C=O) groups excluding carboxylic acids is 1. The molecule has 0 N–H and O–H groups in total. The van der Waals surface area contributed by atoms with E-state index in [-0.39, 0.29) is 6.61 Å². The van der Waals surface area contributed by atoms with Crippen LogP contribution in [0.5, 0.6) is 11.5 Å². The van der Waals surface area contributed by atoms with E-state index in [1.54, 1.807) is 7.11 Å². The number of benzene rings is 2. The first-order valence-electron chi connectivity index (χ1n) is 9.93. The van der Waals surface area contributed by atoms with Crippen molar-refractivity contribution >= 4 is 17.3 Å². The molecule has 0 atom stereocenters. The number of oxime groups is 1. The zero-order valence-electron chi connectivity index (χ0n) is 18.6. The van der Waals surface area contributed by atoms with Gasteiger partial charge in [0.2, 0.25) is 0 Å². The van der Waals surface area contributed by atoms with Gasteiger partial charge in [-0.2, -0.15) is 0 Å². The van der Waals surface area contributed by atoms with Gasteiger partial charge in [-0.1, -0.05) is 36.3 Å². The Hall–Kier alpha value is -3.48. The molecule has 0 radical (unpaired) electrons. The number of ether oxygens (including phenoxy) is 4. The fourth-order valence-corrected chi connectivity index (χ4v) is 2.81. The Morgan fingerprint density at radius 3 is 2.52 bits per heavy atom. The lowest BCUT2D eigenvalue weighted by Gasteiger charge is -2.15. The minimum Gasteiger partial charge on any atom is -0.503 e. The van der Waals surface area contributed by atoms with E-state index < -0.39 is 5.97 Å². The maximum atomic E-state index is 12.2. The molecule has 0 spiro atoms. The van der Waals surface area contributed by atoms with Gasteiger partial charge < -0.3 is 23.8 Å². The molecule has 2 aromatic carbocycles. The van der Waals surface area contributed by atoms with E-state index in [0.717, 1.165) is 23.3 Å². The number of nitrogens with zero attached hydrogens (tertiary/aromatic N) is 1. The maximum absolute atomic E-state index is 12.2. The largest absolute Gasteiger partial charge is 0.503 e. The van der Waals surface area contributed by atoms with Crippen LogP contribution in [-0.2, 0) is 25.7 Å². The molecule has 0 aliphatic heterocycles. The van der Waals surface area contributed by atoms with Gasteiger partial charge in [0.25, 0.3) is 0 Å². The first kappa shape index (κ1) is 23.8. The molecule has 0 heterocycles. The maximum Gasteiger partial charge on any atom is 0.341 e. The number of esters is 1. The van der Waals surface area contributed by atoms with E-state index in [1.807, 2.05) is 56.3 Å². The molecule has 0 fully saturated rings. The van der Waals surface area contributed by atoms with Gasteiger partial charge in [-0.3, -0.25) is 0 Å². The van der Waals surface area contributed by atoms with Crippen LogP contribution in [0.1, 0.15) is 37.0 Å². The molecule has 0 bridgehead atoms. The average molecular weight is 427 g/mol. The molecular weight excluding hydrogens is 398 g/mol. The summed E-state index contributed by atoms with van der Waals surface area (Å²) in [5.41, 5.74) is 3.40. The second-order valence-electron chi connectivity index (χ2n) is 6.58. The summed E-state index contributed by atoms with van der Waals surface area (Å²) < 4.78 is 21.4. The molecule has 0 unspecified atom stereocenters. The third-order valence-electron chi connectivity index (χ3n) is 4.41. The number of carbonyl (C=O) groups is 1. The molecule has 0 amide bonds. The highest BCUT2D eigenvalue weighted by molar-refractivity contribution is 6.16. The summed E-state index contributed by atoms with van der Waals surface area (Å²) in [5.74, 6) is 0.649.